The number of carbonyl (C=O) groups excluding carboxylic acids is 1. The first-order valence-corrected chi connectivity index (χ1v) is 12.2. The summed E-state index contributed by atoms with van der Waals surface area (Å²) in [6.07, 6.45) is 1.96. The maximum atomic E-state index is 13.7. The summed E-state index contributed by atoms with van der Waals surface area (Å²) in [7, 11) is 0. The van der Waals surface area contributed by atoms with Crippen molar-refractivity contribution in [1.82, 2.24) is 24.0 Å². The van der Waals surface area contributed by atoms with Gasteiger partial charge in [-0.25, -0.2) is 14.8 Å². The first kappa shape index (κ1) is 24.1. The minimum atomic E-state index is -0.291. The number of benzene rings is 2. The highest BCUT2D eigenvalue weighted by molar-refractivity contribution is 5.93. The van der Waals surface area contributed by atoms with Crippen molar-refractivity contribution in [3.63, 3.8) is 0 Å². The molecule has 2 aromatic carbocycles. The summed E-state index contributed by atoms with van der Waals surface area (Å²) >= 11 is 0. The van der Waals surface area contributed by atoms with Crippen molar-refractivity contribution in [2.75, 3.05) is 18.8 Å². The van der Waals surface area contributed by atoms with Crippen LogP contribution in [0.1, 0.15) is 44.7 Å². The predicted molar refractivity (Wildman–Crippen MR) is 142 cm³/mol. The second kappa shape index (κ2) is 9.82. The molecule has 2 aromatic heterocycles. The lowest BCUT2D eigenvalue weighted by Crippen LogP contribution is -2.31. The van der Waals surface area contributed by atoms with Gasteiger partial charge >= 0.3 is 5.69 Å². The van der Waals surface area contributed by atoms with Crippen LogP contribution in [0.15, 0.2) is 59.7 Å². The molecule has 0 unspecified atom stereocenters. The number of rotatable bonds is 5. The van der Waals surface area contributed by atoms with E-state index >= 15 is 0 Å². The molecular weight excluding hydrogens is 468 g/mol. The molecule has 0 radical (unpaired) electrons. The number of nitrogens with two attached hydrogens (primary N) is 1. The molecule has 0 bridgehead atoms. The van der Waals surface area contributed by atoms with Crippen LogP contribution >= 0.6 is 0 Å². The minimum absolute atomic E-state index is 0.203. The maximum Gasteiger partial charge on any atom is 0.335 e. The van der Waals surface area contributed by atoms with Crippen molar-refractivity contribution in [3.05, 3.63) is 70.9 Å². The SMILES string of the molecule is CC#CC(=O)N1CC[C@@H](n2c(=O)n(-c3ccc(Oc4ccc(C(C)C)cc4)cc3)c3c(N)ncnc32)C1. The normalized spacial score (nSPS) is 15.1. The van der Waals surface area contributed by atoms with Gasteiger partial charge in [-0.2, -0.15) is 0 Å². The first-order valence-electron chi connectivity index (χ1n) is 12.2. The van der Waals surface area contributed by atoms with Gasteiger partial charge < -0.3 is 15.4 Å². The van der Waals surface area contributed by atoms with Gasteiger partial charge in [-0.3, -0.25) is 13.9 Å². The fraction of sp³-hybridized carbons (Fsp3) is 0.286. The van der Waals surface area contributed by atoms with Crippen LogP contribution in [0.2, 0.25) is 0 Å². The highest BCUT2D eigenvalue weighted by atomic mass is 16.5. The molecule has 4 aromatic rings. The molecule has 0 aliphatic carbocycles. The molecule has 9 nitrogen and oxygen atoms in total. The summed E-state index contributed by atoms with van der Waals surface area (Å²) < 4.78 is 9.12. The van der Waals surface area contributed by atoms with Gasteiger partial charge in [0.05, 0.1) is 11.7 Å². The smallest absolute Gasteiger partial charge is 0.335 e. The van der Waals surface area contributed by atoms with E-state index in [4.69, 9.17) is 10.5 Å². The Bertz CT molecular complexity index is 1570. The van der Waals surface area contributed by atoms with Crippen molar-refractivity contribution in [2.45, 2.75) is 39.2 Å². The number of nitrogen functional groups attached to an aromatic ring is 1. The topological polar surface area (TPSA) is 108 Å². The molecule has 9 heteroatoms. The van der Waals surface area contributed by atoms with E-state index in [1.54, 1.807) is 40.7 Å². The van der Waals surface area contributed by atoms with E-state index in [0.717, 1.165) is 5.75 Å². The van der Waals surface area contributed by atoms with Crippen LogP contribution < -0.4 is 16.2 Å². The Morgan fingerprint density at radius 3 is 2.41 bits per heavy atom. The summed E-state index contributed by atoms with van der Waals surface area (Å²) in [5.41, 5.74) is 8.66. The summed E-state index contributed by atoms with van der Waals surface area (Å²) in [5.74, 6) is 6.99. The Balaban J connectivity index is 1.48. The molecule has 0 spiro atoms. The zero-order chi connectivity index (χ0) is 26.1. The Kier molecular flexibility index (Phi) is 6.40. The lowest BCUT2D eigenvalue weighted by molar-refractivity contribution is -0.124. The summed E-state index contributed by atoms with van der Waals surface area (Å²) in [6.45, 7) is 6.81. The van der Waals surface area contributed by atoms with E-state index in [1.807, 2.05) is 12.1 Å². The number of aromatic nitrogens is 4. The monoisotopic (exact) mass is 496 g/mol. The third-order valence-electron chi connectivity index (χ3n) is 6.61. The second-order valence-corrected chi connectivity index (χ2v) is 9.31. The van der Waals surface area contributed by atoms with E-state index in [9.17, 15) is 9.59 Å². The molecule has 37 heavy (non-hydrogen) atoms. The van der Waals surface area contributed by atoms with E-state index in [-0.39, 0.29) is 23.5 Å². The zero-order valence-electron chi connectivity index (χ0n) is 21.0. The van der Waals surface area contributed by atoms with Crippen molar-refractivity contribution < 1.29 is 9.53 Å². The number of anilines is 1. The Morgan fingerprint density at radius 1 is 1.08 bits per heavy atom. The molecule has 2 N–H and O–H groups in total. The number of amides is 1. The van der Waals surface area contributed by atoms with Crippen LogP contribution in [0, 0.1) is 11.8 Å². The lowest BCUT2D eigenvalue weighted by Gasteiger charge is -2.14. The Hall–Kier alpha value is -4.58. The second-order valence-electron chi connectivity index (χ2n) is 9.31. The minimum Gasteiger partial charge on any atom is -0.457 e. The van der Waals surface area contributed by atoms with Crippen LogP contribution in [0.4, 0.5) is 5.82 Å². The molecular formula is C28H28N6O3. The van der Waals surface area contributed by atoms with Gasteiger partial charge in [0.2, 0.25) is 0 Å². The fourth-order valence-corrected chi connectivity index (χ4v) is 4.68. The Labute approximate surface area is 214 Å². The number of nitrogens with zero attached hydrogens (tertiary/aromatic N) is 5. The van der Waals surface area contributed by atoms with E-state index < -0.39 is 0 Å². The number of hydrogen-bond donors (Lipinski definition) is 1. The van der Waals surface area contributed by atoms with Crippen molar-refractivity contribution >= 4 is 22.9 Å². The Morgan fingerprint density at radius 2 is 1.76 bits per heavy atom. The van der Waals surface area contributed by atoms with E-state index in [2.05, 4.69) is 47.8 Å². The summed E-state index contributed by atoms with van der Waals surface area (Å²) in [5, 5.41) is 0. The number of carbonyl (C=O) groups is 1. The first-order chi connectivity index (χ1) is 17.9. The summed E-state index contributed by atoms with van der Waals surface area (Å²) in [6, 6.07) is 15.0. The zero-order valence-corrected chi connectivity index (χ0v) is 21.0. The van der Waals surface area contributed by atoms with Crippen LogP contribution in [0.5, 0.6) is 11.5 Å². The molecule has 1 fully saturated rings. The molecule has 1 amide bonds. The van der Waals surface area contributed by atoms with Crippen LogP contribution in [0.3, 0.4) is 0 Å². The van der Waals surface area contributed by atoms with E-state index in [1.165, 1.54) is 16.5 Å². The van der Waals surface area contributed by atoms with Gasteiger partial charge in [-0.15, -0.1) is 0 Å². The van der Waals surface area contributed by atoms with Crippen LogP contribution in [-0.2, 0) is 4.79 Å². The van der Waals surface area contributed by atoms with Gasteiger partial charge in [0, 0.05) is 13.1 Å². The van der Waals surface area contributed by atoms with Gasteiger partial charge in [-0.1, -0.05) is 31.9 Å². The third kappa shape index (κ3) is 4.54. The third-order valence-corrected chi connectivity index (χ3v) is 6.61. The quantitative estimate of drug-likeness (QED) is 0.420. The molecule has 3 heterocycles. The molecule has 1 aliphatic heterocycles. The average Bonchev–Trinajstić information content (AvgIpc) is 3.48. The predicted octanol–water partition coefficient (Wildman–Crippen LogP) is 3.88. The van der Waals surface area contributed by atoms with Gasteiger partial charge in [0.15, 0.2) is 11.5 Å². The highest BCUT2D eigenvalue weighted by Crippen LogP contribution is 2.29. The standard InChI is InChI=1S/C28H28N6O3/c1-4-5-24(35)32-15-14-21(16-32)34-27-25(26(29)30-17-31-27)33(28(34)36)20-8-12-23(13-9-20)37-22-10-6-19(7-11-22)18(2)3/h6-13,17-18,21H,14-16H2,1-3H3,(H2,29,30,31)/t21-/m1/s1. The average molecular weight is 497 g/mol. The van der Waals surface area contributed by atoms with Gasteiger partial charge in [0.25, 0.3) is 5.91 Å². The van der Waals surface area contributed by atoms with Crippen molar-refractivity contribution in [3.8, 4) is 29.0 Å². The van der Waals surface area contributed by atoms with Gasteiger partial charge in [0.1, 0.15) is 23.3 Å². The molecule has 1 saturated heterocycles. The number of hydrogen-bond acceptors (Lipinski definition) is 6. The highest BCUT2D eigenvalue weighted by Gasteiger charge is 2.31. The molecule has 1 aliphatic rings. The van der Waals surface area contributed by atoms with Crippen molar-refractivity contribution in [2.24, 2.45) is 0 Å². The molecule has 5 rings (SSSR count). The lowest BCUT2D eigenvalue weighted by atomic mass is 10.0. The number of ether oxygens (including phenoxy) is 1. The maximum absolute atomic E-state index is 13.7. The van der Waals surface area contributed by atoms with Crippen LogP contribution in [-0.4, -0.2) is 43.0 Å². The largest absolute Gasteiger partial charge is 0.457 e. The van der Waals surface area contributed by atoms with Crippen LogP contribution in [0.25, 0.3) is 16.9 Å². The molecule has 0 saturated carbocycles. The number of imidazole rings is 1. The van der Waals surface area contributed by atoms with E-state index in [0.29, 0.717) is 48.0 Å². The molecule has 1 atom stereocenters. The van der Waals surface area contributed by atoms with Crippen molar-refractivity contribution in [1.29, 1.82) is 0 Å². The summed E-state index contributed by atoms with van der Waals surface area (Å²) in [4.78, 5) is 36.2. The fourth-order valence-electron chi connectivity index (χ4n) is 4.68. The number of likely N-dealkylation sites (tertiary alicyclic amines) is 1. The van der Waals surface area contributed by atoms with Gasteiger partial charge in [-0.05, 0) is 67.1 Å². The number of fused-ring (bicyclic) bond motifs is 1. The molecule has 188 valence electrons.